The molecule has 146 valence electrons. The second-order valence-electron chi connectivity index (χ2n) is 6.56. The van der Waals surface area contributed by atoms with Gasteiger partial charge in [0.1, 0.15) is 0 Å². The minimum Gasteiger partial charge on any atom is -0.493 e. The SMILES string of the molecule is COc1ccc(NC(=O)/C=C/c2c(Cl)nc3sccn23)cc1OC1CCCC1. The van der Waals surface area contributed by atoms with Crippen molar-refractivity contribution in [1.82, 2.24) is 9.38 Å². The molecule has 0 atom stereocenters. The van der Waals surface area contributed by atoms with E-state index >= 15 is 0 Å². The van der Waals surface area contributed by atoms with E-state index in [1.807, 2.05) is 16.0 Å². The highest BCUT2D eigenvalue weighted by atomic mass is 35.5. The summed E-state index contributed by atoms with van der Waals surface area (Å²) in [6.45, 7) is 0. The number of imidazole rings is 1. The molecular formula is C20H20ClN3O3S. The first-order valence-corrected chi connectivity index (χ1v) is 10.3. The highest BCUT2D eigenvalue weighted by molar-refractivity contribution is 7.15. The summed E-state index contributed by atoms with van der Waals surface area (Å²) in [5, 5.41) is 5.13. The van der Waals surface area contributed by atoms with Gasteiger partial charge in [-0.25, -0.2) is 4.98 Å². The summed E-state index contributed by atoms with van der Waals surface area (Å²) in [6.07, 6.45) is 9.63. The molecule has 2 heterocycles. The number of rotatable bonds is 6. The highest BCUT2D eigenvalue weighted by Gasteiger charge is 2.19. The Hall–Kier alpha value is -2.51. The van der Waals surface area contributed by atoms with Gasteiger partial charge < -0.3 is 14.8 Å². The average Bonchev–Trinajstić information content (AvgIpc) is 3.39. The number of amides is 1. The van der Waals surface area contributed by atoms with Gasteiger partial charge in [-0.3, -0.25) is 9.20 Å². The lowest BCUT2D eigenvalue weighted by Crippen LogP contribution is -2.12. The van der Waals surface area contributed by atoms with Crippen LogP contribution >= 0.6 is 22.9 Å². The number of hydrogen-bond acceptors (Lipinski definition) is 5. The molecule has 0 bridgehead atoms. The van der Waals surface area contributed by atoms with Crippen LogP contribution in [0.15, 0.2) is 35.9 Å². The van der Waals surface area contributed by atoms with Crippen molar-refractivity contribution in [2.75, 3.05) is 12.4 Å². The van der Waals surface area contributed by atoms with Crippen LogP contribution in [0.2, 0.25) is 5.15 Å². The Morgan fingerprint density at radius 1 is 1.36 bits per heavy atom. The van der Waals surface area contributed by atoms with Gasteiger partial charge >= 0.3 is 0 Å². The summed E-state index contributed by atoms with van der Waals surface area (Å²) >= 11 is 7.63. The molecule has 1 aliphatic carbocycles. The molecule has 8 heteroatoms. The lowest BCUT2D eigenvalue weighted by Gasteiger charge is -2.17. The van der Waals surface area contributed by atoms with E-state index in [2.05, 4.69) is 10.3 Å². The maximum atomic E-state index is 12.4. The second kappa shape index (κ2) is 8.24. The molecular weight excluding hydrogens is 398 g/mol. The summed E-state index contributed by atoms with van der Waals surface area (Å²) in [4.78, 5) is 17.4. The van der Waals surface area contributed by atoms with Crippen molar-refractivity contribution in [2.45, 2.75) is 31.8 Å². The fourth-order valence-corrected chi connectivity index (χ4v) is 4.30. The Kier molecular flexibility index (Phi) is 5.54. The molecule has 6 nitrogen and oxygen atoms in total. The molecule has 0 radical (unpaired) electrons. The van der Waals surface area contributed by atoms with E-state index < -0.39 is 0 Å². The smallest absolute Gasteiger partial charge is 0.248 e. The molecule has 1 aliphatic rings. The summed E-state index contributed by atoms with van der Waals surface area (Å²) in [6, 6.07) is 5.38. The van der Waals surface area contributed by atoms with Gasteiger partial charge in [0.25, 0.3) is 0 Å². The normalized spacial score (nSPS) is 14.8. The minimum atomic E-state index is -0.266. The zero-order chi connectivity index (χ0) is 19.5. The molecule has 28 heavy (non-hydrogen) atoms. The molecule has 0 aliphatic heterocycles. The number of anilines is 1. The predicted molar refractivity (Wildman–Crippen MR) is 112 cm³/mol. The number of hydrogen-bond donors (Lipinski definition) is 1. The Balaban J connectivity index is 1.47. The zero-order valence-electron chi connectivity index (χ0n) is 15.4. The maximum Gasteiger partial charge on any atom is 0.248 e. The first-order valence-electron chi connectivity index (χ1n) is 9.09. The third kappa shape index (κ3) is 4.00. The van der Waals surface area contributed by atoms with Crippen molar-refractivity contribution in [3.8, 4) is 11.5 Å². The Morgan fingerprint density at radius 3 is 2.96 bits per heavy atom. The number of fused-ring (bicyclic) bond motifs is 1. The Bertz CT molecular complexity index is 1020. The fraction of sp³-hybridized carbons (Fsp3) is 0.300. The van der Waals surface area contributed by atoms with Crippen molar-refractivity contribution in [3.63, 3.8) is 0 Å². The van der Waals surface area contributed by atoms with Crippen LogP contribution in [0.3, 0.4) is 0 Å². The molecule has 2 aromatic heterocycles. The maximum absolute atomic E-state index is 12.4. The van der Waals surface area contributed by atoms with E-state index in [1.165, 1.54) is 30.3 Å². The van der Waals surface area contributed by atoms with Gasteiger partial charge in [0.15, 0.2) is 21.6 Å². The third-order valence-corrected chi connectivity index (χ3v) is 5.71. The number of benzene rings is 1. The van der Waals surface area contributed by atoms with Gasteiger partial charge in [-0.15, -0.1) is 11.3 Å². The van der Waals surface area contributed by atoms with Gasteiger partial charge in [-0.1, -0.05) is 11.6 Å². The van der Waals surface area contributed by atoms with E-state index in [1.54, 1.807) is 31.4 Å². The van der Waals surface area contributed by atoms with Crippen molar-refractivity contribution in [1.29, 1.82) is 0 Å². The van der Waals surface area contributed by atoms with Crippen LogP contribution < -0.4 is 14.8 Å². The van der Waals surface area contributed by atoms with Crippen molar-refractivity contribution in [2.24, 2.45) is 0 Å². The summed E-state index contributed by atoms with van der Waals surface area (Å²) in [5.74, 6) is 1.04. The van der Waals surface area contributed by atoms with Crippen LogP contribution in [-0.4, -0.2) is 28.5 Å². The standard InChI is InChI=1S/C20H20ClN3O3S/c1-26-16-8-6-13(12-17(16)27-14-4-2-3-5-14)22-18(25)9-7-15-19(21)23-20-24(15)10-11-28-20/h6-12,14H,2-5H2,1H3,(H,22,25)/b9-7+. The van der Waals surface area contributed by atoms with Crippen LogP contribution in [0.5, 0.6) is 11.5 Å². The molecule has 1 aromatic carbocycles. The van der Waals surface area contributed by atoms with Gasteiger partial charge in [-0.05, 0) is 43.9 Å². The molecule has 0 spiro atoms. The zero-order valence-corrected chi connectivity index (χ0v) is 16.9. The van der Waals surface area contributed by atoms with E-state index in [0.717, 1.165) is 17.8 Å². The number of carbonyl (C=O) groups excluding carboxylic acids is 1. The first kappa shape index (κ1) is 18.8. The van der Waals surface area contributed by atoms with Crippen molar-refractivity contribution >= 4 is 45.6 Å². The third-order valence-electron chi connectivity index (χ3n) is 4.67. The van der Waals surface area contributed by atoms with Gasteiger partial charge in [0, 0.05) is 29.4 Å². The summed E-state index contributed by atoms with van der Waals surface area (Å²) in [5.41, 5.74) is 1.32. The molecule has 0 saturated heterocycles. The molecule has 4 rings (SSSR count). The molecule has 1 amide bonds. The molecule has 1 N–H and O–H groups in total. The van der Waals surface area contributed by atoms with Gasteiger partial charge in [0.2, 0.25) is 5.91 Å². The summed E-state index contributed by atoms with van der Waals surface area (Å²) < 4.78 is 13.3. The topological polar surface area (TPSA) is 64.9 Å². The fourth-order valence-electron chi connectivity index (χ4n) is 3.30. The van der Waals surface area contributed by atoms with Crippen molar-refractivity contribution < 1.29 is 14.3 Å². The number of halogens is 1. The highest BCUT2D eigenvalue weighted by Crippen LogP contribution is 2.34. The van der Waals surface area contributed by atoms with E-state index in [9.17, 15) is 4.79 Å². The van der Waals surface area contributed by atoms with Crippen molar-refractivity contribution in [3.05, 3.63) is 46.7 Å². The first-order chi connectivity index (χ1) is 13.6. The number of thiazole rings is 1. The predicted octanol–water partition coefficient (Wildman–Crippen LogP) is 5.03. The van der Waals surface area contributed by atoms with Crippen LogP contribution in [0.1, 0.15) is 31.4 Å². The van der Waals surface area contributed by atoms with Crippen LogP contribution in [0, 0.1) is 0 Å². The molecule has 0 unspecified atom stereocenters. The summed E-state index contributed by atoms with van der Waals surface area (Å²) in [7, 11) is 1.61. The largest absolute Gasteiger partial charge is 0.493 e. The number of aromatic nitrogens is 2. The molecule has 1 saturated carbocycles. The Labute approximate surface area is 171 Å². The van der Waals surface area contributed by atoms with E-state index in [-0.39, 0.29) is 12.0 Å². The number of ether oxygens (including phenoxy) is 2. The lowest BCUT2D eigenvalue weighted by molar-refractivity contribution is -0.111. The monoisotopic (exact) mass is 417 g/mol. The quantitative estimate of drug-likeness (QED) is 0.571. The van der Waals surface area contributed by atoms with E-state index in [0.29, 0.717) is 28.0 Å². The van der Waals surface area contributed by atoms with Crippen LogP contribution in [0.4, 0.5) is 5.69 Å². The number of nitrogens with one attached hydrogen (secondary N) is 1. The second-order valence-corrected chi connectivity index (χ2v) is 7.79. The molecule has 3 aromatic rings. The lowest BCUT2D eigenvalue weighted by atomic mass is 10.2. The van der Waals surface area contributed by atoms with Crippen LogP contribution in [0.25, 0.3) is 11.0 Å². The number of nitrogens with zero attached hydrogens (tertiary/aromatic N) is 2. The number of carbonyl (C=O) groups is 1. The minimum absolute atomic E-state index is 0.205. The van der Waals surface area contributed by atoms with E-state index in [4.69, 9.17) is 21.1 Å². The van der Waals surface area contributed by atoms with Gasteiger partial charge in [-0.2, -0.15) is 0 Å². The Morgan fingerprint density at radius 2 is 2.18 bits per heavy atom. The van der Waals surface area contributed by atoms with Gasteiger partial charge in [0.05, 0.1) is 18.9 Å². The molecule has 1 fully saturated rings. The average molecular weight is 418 g/mol. The van der Waals surface area contributed by atoms with Crippen LogP contribution in [-0.2, 0) is 4.79 Å². The number of methoxy groups -OCH3 is 1.